The van der Waals surface area contributed by atoms with Crippen LogP contribution in [0.2, 0.25) is 0 Å². The highest BCUT2D eigenvalue weighted by atomic mass is 32.3. The molecule has 2 rings (SSSR count). The lowest BCUT2D eigenvalue weighted by atomic mass is 9.88. The minimum absolute atomic E-state index is 0.104. The molecule has 1 aromatic rings. The second-order valence-electron chi connectivity index (χ2n) is 6.96. The molecule has 198 valence electrons. The maximum atomic E-state index is 13.2. The molecule has 18 heteroatoms. The molecule has 0 saturated carbocycles. The molecule has 0 bridgehead atoms. The van der Waals surface area contributed by atoms with Crippen molar-refractivity contribution in [1.82, 2.24) is 0 Å². The topological polar surface area (TPSA) is 68.3 Å². The lowest BCUT2D eigenvalue weighted by Crippen LogP contribution is -2.63. The molecule has 0 aliphatic heterocycles. The molecule has 0 aromatic heterocycles. The van der Waals surface area contributed by atoms with Crippen molar-refractivity contribution >= 4 is 31.8 Å². The zero-order valence-corrected chi connectivity index (χ0v) is 17.9. The summed E-state index contributed by atoms with van der Waals surface area (Å²) < 4.78 is 204. The first-order valence-electron chi connectivity index (χ1n) is 8.50. The molecule has 0 saturated heterocycles. The van der Waals surface area contributed by atoms with Gasteiger partial charge in [-0.3, -0.25) is 0 Å². The first kappa shape index (κ1) is 28.9. The van der Waals surface area contributed by atoms with Crippen molar-refractivity contribution in [3.63, 3.8) is 0 Å². The largest absolute Gasteiger partial charge is 0.494 e. The number of hydrogen-bond acceptors (Lipinski definition) is 4. The van der Waals surface area contributed by atoms with E-state index in [2.05, 4.69) is 0 Å². The van der Waals surface area contributed by atoms with Crippen LogP contribution in [0.4, 0.5) is 52.7 Å². The second-order valence-corrected chi connectivity index (χ2v) is 11.0. The normalized spacial score (nSPS) is 17.6. The molecule has 35 heavy (non-hydrogen) atoms. The minimum Gasteiger partial charge on any atom is -0.233 e. The van der Waals surface area contributed by atoms with Gasteiger partial charge in [-0.2, -0.15) is 52.7 Å². The van der Waals surface area contributed by atoms with Gasteiger partial charge >= 0.3 is 24.0 Å². The standard InChI is InChI=1S/C17H9F12O4S2/c18-14(19,20)13(15(21,22)23,16(24,25)26)8-34(30,31)12(35(32,33)17(27,28)29)11-6-5-9-3-1-2-4-10(9)7-11/h1-7H,8H2/q-1/b12-11-. The van der Waals surface area contributed by atoms with Gasteiger partial charge in [-0.25, -0.2) is 16.8 Å². The highest BCUT2D eigenvalue weighted by Gasteiger charge is 2.84. The van der Waals surface area contributed by atoms with E-state index >= 15 is 0 Å². The Balaban J connectivity index is 3.02. The fourth-order valence-corrected chi connectivity index (χ4v) is 7.12. The summed E-state index contributed by atoms with van der Waals surface area (Å²) in [5, 5.41) is -0.128. The predicted molar refractivity (Wildman–Crippen MR) is 95.3 cm³/mol. The molecule has 0 amide bonds. The van der Waals surface area contributed by atoms with E-state index in [0.29, 0.717) is 6.08 Å². The van der Waals surface area contributed by atoms with E-state index in [1.807, 2.05) is 0 Å². The van der Waals surface area contributed by atoms with E-state index < -0.39 is 64.7 Å². The lowest BCUT2D eigenvalue weighted by molar-refractivity contribution is -0.418. The van der Waals surface area contributed by atoms with Crippen molar-refractivity contribution in [3.05, 3.63) is 50.9 Å². The van der Waals surface area contributed by atoms with Crippen LogP contribution in [0.3, 0.4) is 0 Å². The number of halogens is 12. The lowest BCUT2D eigenvalue weighted by Gasteiger charge is -2.38. The summed E-state index contributed by atoms with van der Waals surface area (Å²) in [6.07, 6.45) is -21.0. The first-order chi connectivity index (χ1) is 15.4. The van der Waals surface area contributed by atoms with Crippen molar-refractivity contribution < 1.29 is 69.5 Å². The van der Waals surface area contributed by atoms with Crippen LogP contribution in [-0.4, -0.2) is 46.6 Å². The van der Waals surface area contributed by atoms with Gasteiger partial charge in [0, 0.05) is 0 Å². The Morgan fingerprint density at radius 3 is 1.54 bits per heavy atom. The van der Waals surface area contributed by atoms with Crippen LogP contribution in [0, 0.1) is 11.8 Å². The third kappa shape index (κ3) is 4.85. The van der Waals surface area contributed by atoms with Gasteiger partial charge < -0.3 is 0 Å². The number of benzene rings is 1. The monoisotopic (exact) mass is 569 g/mol. The number of allylic oxidation sites excluding steroid dienone is 1. The minimum atomic E-state index is -7.47. The summed E-state index contributed by atoms with van der Waals surface area (Å²) in [4.78, 5) is 0. The van der Waals surface area contributed by atoms with Crippen molar-refractivity contribution in [2.75, 3.05) is 5.75 Å². The molecule has 0 atom stereocenters. The average molecular weight is 569 g/mol. The summed E-state index contributed by atoms with van der Waals surface area (Å²) in [6.45, 7) is 0. The third-order valence-electron chi connectivity index (χ3n) is 4.67. The fraction of sp³-hybridized carbons (Fsp3) is 0.353. The van der Waals surface area contributed by atoms with Crippen LogP contribution in [-0.2, 0) is 19.7 Å². The maximum absolute atomic E-state index is 13.2. The number of alkyl halides is 12. The van der Waals surface area contributed by atoms with Crippen LogP contribution in [0.25, 0.3) is 12.2 Å². The molecule has 1 aliphatic rings. The van der Waals surface area contributed by atoms with E-state index in [-0.39, 0.29) is 16.9 Å². The van der Waals surface area contributed by atoms with Crippen molar-refractivity contribution in [3.8, 4) is 0 Å². The van der Waals surface area contributed by atoms with Gasteiger partial charge in [0.2, 0.25) is 0 Å². The van der Waals surface area contributed by atoms with Gasteiger partial charge in [0.15, 0.2) is 9.84 Å². The van der Waals surface area contributed by atoms with Gasteiger partial charge in [0.25, 0.3) is 15.3 Å². The Morgan fingerprint density at radius 2 is 1.14 bits per heavy atom. The van der Waals surface area contributed by atoms with Crippen LogP contribution >= 0.6 is 0 Å². The average Bonchev–Trinajstić information content (AvgIpc) is 2.61. The summed E-state index contributed by atoms with van der Waals surface area (Å²) in [5.41, 5.74) is -15.3. The Morgan fingerprint density at radius 1 is 0.714 bits per heavy atom. The summed E-state index contributed by atoms with van der Waals surface area (Å²) in [6, 6.07) is 4.85. The molecule has 0 fully saturated rings. The third-order valence-corrected chi connectivity index (χ3v) is 9.04. The fourth-order valence-electron chi connectivity index (χ4n) is 3.00. The number of sulfone groups is 2. The van der Waals surface area contributed by atoms with Crippen LogP contribution < -0.4 is 10.4 Å². The molecule has 4 nitrogen and oxygen atoms in total. The molecule has 1 aromatic carbocycles. The molecule has 0 radical (unpaired) electrons. The molecular weight excluding hydrogens is 560 g/mol. The van der Waals surface area contributed by atoms with Gasteiger partial charge in [-0.1, -0.05) is 29.5 Å². The molecule has 0 unspecified atom stereocenters. The zero-order chi connectivity index (χ0) is 27.5. The van der Waals surface area contributed by atoms with Crippen molar-refractivity contribution in [1.29, 1.82) is 0 Å². The van der Waals surface area contributed by atoms with Crippen LogP contribution in [0.1, 0.15) is 0 Å². The zero-order valence-electron chi connectivity index (χ0n) is 16.2. The van der Waals surface area contributed by atoms with Gasteiger partial charge in [-0.05, 0) is 0 Å². The molecule has 0 spiro atoms. The highest BCUT2D eigenvalue weighted by molar-refractivity contribution is 8.14. The van der Waals surface area contributed by atoms with E-state index in [4.69, 9.17) is 0 Å². The Kier molecular flexibility index (Phi) is 6.88. The van der Waals surface area contributed by atoms with Crippen LogP contribution in [0.5, 0.6) is 0 Å². The Labute approximate surface area is 188 Å². The van der Waals surface area contributed by atoms with Crippen LogP contribution in [0.15, 0.2) is 34.1 Å². The SMILES string of the molecule is O=S(=O)(CC(C(F)(F)F)(C(F)(F)F)C(F)(F)F)/C(=C1/C=c2ccccc2=C[CH-]1)S(=O)(=O)C(F)(F)F. The predicted octanol–water partition coefficient (Wildman–Crippen LogP) is 3.70. The second kappa shape index (κ2) is 8.35. The Bertz CT molecular complexity index is 1320. The first-order valence-corrected chi connectivity index (χ1v) is 11.6. The number of rotatable bonds is 4. The highest BCUT2D eigenvalue weighted by Crippen LogP contribution is 2.60. The molecule has 0 heterocycles. The van der Waals surface area contributed by atoms with E-state index in [1.165, 1.54) is 18.2 Å². The smallest absolute Gasteiger partial charge is 0.233 e. The quantitative estimate of drug-likeness (QED) is 0.410. The van der Waals surface area contributed by atoms with E-state index in [0.717, 1.165) is 12.1 Å². The number of hydrogen-bond donors (Lipinski definition) is 0. The van der Waals surface area contributed by atoms with E-state index in [1.54, 1.807) is 0 Å². The van der Waals surface area contributed by atoms with Gasteiger partial charge in [0.05, 0.1) is 9.99 Å². The summed E-state index contributed by atoms with van der Waals surface area (Å²) >= 11 is 0. The number of fused-ring (bicyclic) bond motifs is 1. The van der Waals surface area contributed by atoms with Gasteiger partial charge in [0.1, 0.15) is 0 Å². The molecular formula is C17H9F12O4S2-. The summed E-state index contributed by atoms with van der Waals surface area (Å²) in [7, 11) is -14.4. The maximum Gasteiger partial charge on any atom is 0.494 e. The Hall–Kier alpha value is -2.37. The van der Waals surface area contributed by atoms with Crippen molar-refractivity contribution in [2.45, 2.75) is 24.0 Å². The molecule has 1 aliphatic carbocycles. The van der Waals surface area contributed by atoms with Gasteiger partial charge in [-0.15, -0.1) is 29.4 Å². The molecule has 0 N–H and O–H groups in total. The summed E-state index contributed by atoms with van der Waals surface area (Å²) in [5.74, 6) is -4.14. The van der Waals surface area contributed by atoms with E-state index in [9.17, 15) is 69.5 Å². The van der Waals surface area contributed by atoms with Crippen molar-refractivity contribution in [2.24, 2.45) is 5.41 Å².